The van der Waals surface area contributed by atoms with E-state index in [9.17, 15) is 15.0 Å². The maximum Gasteiger partial charge on any atom is 0.262 e. The zero-order chi connectivity index (χ0) is 19.0. The molecule has 1 aliphatic heterocycles. The van der Waals surface area contributed by atoms with Crippen LogP contribution in [0.4, 0.5) is 11.4 Å². The molecular weight excluding hydrogens is 344 g/mol. The molecule has 6 nitrogen and oxygen atoms in total. The summed E-state index contributed by atoms with van der Waals surface area (Å²) in [5.74, 6) is -0.235. The summed E-state index contributed by atoms with van der Waals surface area (Å²) >= 11 is 0. The number of phenols is 2. The lowest BCUT2D eigenvalue weighted by Crippen LogP contribution is -2.43. The van der Waals surface area contributed by atoms with Crippen molar-refractivity contribution in [1.29, 1.82) is 0 Å². The molecule has 136 valence electrons. The number of methoxy groups -OCH3 is 1. The Labute approximate surface area is 156 Å². The molecule has 6 heteroatoms. The number of amides is 1. The molecule has 3 N–H and O–H groups in total. The number of para-hydroxylation sites is 4. The first-order valence-corrected chi connectivity index (χ1v) is 8.45. The summed E-state index contributed by atoms with van der Waals surface area (Å²) in [6.07, 6.45) is -0.726. The Bertz CT molecular complexity index is 1020. The Morgan fingerprint density at radius 1 is 0.963 bits per heavy atom. The van der Waals surface area contributed by atoms with Crippen molar-refractivity contribution in [1.82, 2.24) is 0 Å². The number of aromatic hydroxyl groups is 2. The van der Waals surface area contributed by atoms with Crippen LogP contribution in [0.5, 0.6) is 17.2 Å². The van der Waals surface area contributed by atoms with Crippen molar-refractivity contribution >= 4 is 17.3 Å². The van der Waals surface area contributed by atoms with E-state index in [0.717, 1.165) is 0 Å². The van der Waals surface area contributed by atoms with Gasteiger partial charge in [-0.15, -0.1) is 0 Å². The molecule has 27 heavy (non-hydrogen) atoms. The van der Waals surface area contributed by atoms with Crippen LogP contribution in [0.2, 0.25) is 0 Å². The largest absolute Gasteiger partial charge is 0.504 e. The fourth-order valence-corrected chi connectivity index (χ4v) is 3.32. The molecule has 1 heterocycles. The average Bonchev–Trinajstić information content (AvgIpc) is 2.70. The van der Waals surface area contributed by atoms with Crippen molar-refractivity contribution in [3.8, 4) is 17.2 Å². The van der Waals surface area contributed by atoms with Crippen molar-refractivity contribution < 1.29 is 19.7 Å². The molecule has 0 bridgehead atoms. The Morgan fingerprint density at radius 2 is 1.70 bits per heavy atom. The zero-order valence-corrected chi connectivity index (χ0v) is 14.6. The summed E-state index contributed by atoms with van der Waals surface area (Å²) in [6.45, 7) is 0. The van der Waals surface area contributed by atoms with Gasteiger partial charge in [0, 0.05) is 11.3 Å². The number of phenolic OH excluding ortho intramolecular Hbond substituents is 2. The molecule has 3 aromatic carbocycles. The third kappa shape index (κ3) is 2.71. The van der Waals surface area contributed by atoms with Crippen molar-refractivity contribution in [2.24, 2.45) is 0 Å². The SMILES string of the molecule is COc1ccccc1N1C(=O)c2ccccc2N[C@H]1c1cccc(O)c1O. The topological polar surface area (TPSA) is 82.0 Å². The van der Waals surface area contributed by atoms with Crippen LogP contribution < -0.4 is 15.0 Å². The molecule has 0 aromatic heterocycles. The minimum Gasteiger partial charge on any atom is -0.504 e. The summed E-state index contributed by atoms with van der Waals surface area (Å²) in [7, 11) is 1.54. The molecule has 0 spiro atoms. The van der Waals surface area contributed by atoms with Crippen molar-refractivity contribution in [3.63, 3.8) is 0 Å². The van der Waals surface area contributed by atoms with E-state index >= 15 is 0 Å². The van der Waals surface area contributed by atoms with Gasteiger partial charge >= 0.3 is 0 Å². The van der Waals surface area contributed by atoms with Crippen LogP contribution in [0.1, 0.15) is 22.1 Å². The quantitative estimate of drug-likeness (QED) is 0.616. The van der Waals surface area contributed by atoms with Gasteiger partial charge in [-0.3, -0.25) is 9.69 Å². The zero-order valence-electron chi connectivity index (χ0n) is 14.6. The lowest BCUT2D eigenvalue weighted by molar-refractivity contribution is 0.0974. The van der Waals surface area contributed by atoms with Gasteiger partial charge < -0.3 is 20.3 Å². The summed E-state index contributed by atoms with van der Waals surface area (Å²) < 4.78 is 5.44. The first kappa shape index (κ1) is 16.8. The van der Waals surface area contributed by atoms with Crippen LogP contribution >= 0.6 is 0 Å². The van der Waals surface area contributed by atoms with Gasteiger partial charge in [-0.05, 0) is 30.3 Å². The van der Waals surface area contributed by atoms with Gasteiger partial charge in [0.15, 0.2) is 11.5 Å². The van der Waals surface area contributed by atoms with Gasteiger partial charge in [-0.2, -0.15) is 0 Å². The van der Waals surface area contributed by atoms with Crippen LogP contribution in [0.25, 0.3) is 0 Å². The number of benzene rings is 3. The highest BCUT2D eigenvalue weighted by Crippen LogP contribution is 2.43. The van der Waals surface area contributed by atoms with E-state index in [0.29, 0.717) is 28.3 Å². The minimum atomic E-state index is -0.726. The number of carbonyl (C=O) groups excluding carboxylic acids is 1. The number of hydrogen-bond donors (Lipinski definition) is 3. The van der Waals surface area contributed by atoms with Crippen LogP contribution in [0.3, 0.4) is 0 Å². The number of carbonyl (C=O) groups is 1. The van der Waals surface area contributed by atoms with Gasteiger partial charge in [0.1, 0.15) is 11.9 Å². The number of anilines is 2. The van der Waals surface area contributed by atoms with E-state index in [1.165, 1.54) is 18.1 Å². The Kier molecular flexibility index (Phi) is 4.08. The van der Waals surface area contributed by atoms with Gasteiger partial charge in [0.05, 0.1) is 18.4 Å². The van der Waals surface area contributed by atoms with E-state index in [4.69, 9.17) is 4.74 Å². The van der Waals surface area contributed by atoms with Crippen LogP contribution in [0.15, 0.2) is 66.7 Å². The van der Waals surface area contributed by atoms with Crippen LogP contribution in [-0.4, -0.2) is 23.2 Å². The molecule has 1 atom stereocenters. The van der Waals surface area contributed by atoms with E-state index in [1.807, 2.05) is 18.2 Å². The van der Waals surface area contributed by atoms with E-state index in [1.54, 1.807) is 42.5 Å². The predicted molar refractivity (Wildman–Crippen MR) is 102 cm³/mol. The van der Waals surface area contributed by atoms with Crippen molar-refractivity contribution in [2.45, 2.75) is 6.17 Å². The normalized spacial score (nSPS) is 15.8. The molecule has 3 aromatic rings. The van der Waals surface area contributed by atoms with Gasteiger partial charge in [0.25, 0.3) is 5.91 Å². The Hall–Kier alpha value is -3.67. The molecule has 1 amide bonds. The van der Waals surface area contributed by atoms with Crippen molar-refractivity contribution in [3.05, 3.63) is 77.9 Å². The fourth-order valence-electron chi connectivity index (χ4n) is 3.32. The molecule has 0 saturated carbocycles. The van der Waals surface area contributed by atoms with Crippen molar-refractivity contribution in [2.75, 3.05) is 17.3 Å². The molecule has 0 saturated heterocycles. The monoisotopic (exact) mass is 362 g/mol. The molecule has 0 radical (unpaired) electrons. The predicted octanol–water partition coefficient (Wildman–Crippen LogP) is 3.88. The Morgan fingerprint density at radius 3 is 2.52 bits per heavy atom. The van der Waals surface area contributed by atoms with Gasteiger partial charge in [-0.25, -0.2) is 0 Å². The molecule has 4 rings (SSSR count). The average molecular weight is 362 g/mol. The second-order valence-corrected chi connectivity index (χ2v) is 6.15. The van der Waals surface area contributed by atoms with E-state index in [2.05, 4.69) is 5.32 Å². The Balaban J connectivity index is 1.94. The standard InChI is InChI=1S/C21H18N2O4/c1-27-18-12-5-4-10-16(18)23-20(14-8-6-11-17(24)19(14)25)22-15-9-3-2-7-13(15)21(23)26/h2-12,20,22,24-25H,1H3/t20-/m1/s1. The number of rotatable bonds is 3. The number of nitrogens with zero attached hydrogens (tertiary/aromatic N) is 1. The number of fused-ring (bicyclic) bond motifs is 1. The molecule has 0 fully saturated rings. The smallest absolute Gasteiger partial charge is 0.262 e. The van der Waals surface area contributed by atoms with Crippen LogP contribution in [0, 0.1) is 0 Å². The highest BCUT2D eigenvalue weighted by Gasteiger charge is 2.36. The third-order valence-corrected chi connectivity index (χ3v) is 4.61. The lowest BCUT2D eigenvalue weighted by Gasteiger charge is -2.38. The lowest BCUT2D eigenvalue weighted by atomic mass is 10.0. The number of hydrogen-bond acceptors (Lipinski definition) is 5. The second-order valence-electron chi connectivity index (χ2n) is 6.15. The summed E-state index contributed by atoms with van der Waals surface area (Å²) in [5, 5.41) is 23.6. The summed E-state index contributed by atoms with van der Waals surface area (Å²) in [6, 6.07) is 19.0. The fraction of sp³-hybridized carbons (Fsp3) is 0.0952. The van der Waals surface area contributed by atoms with Gasteiger partial charge in [-0.1, -0.05) is 36.4 Å². The third-order valence-electron chi connectivity index (χ3n) is 4.61. The molecular formula is C21H18N2O4. The molecule has 0 unspecified atom stereocenters. The molecule has 1 aliphatic rings. The van der Waals surface area contributed by atoms with Crippen LogP contribution in [-0.2, 0) is 0 Å². The first-order chi connectivity index (χ1) is 13.1. The minimum absolute atomic E-state index is 0.235. The second kappa shape index (κ2) is 6.57. The highest BCUT2D eigenvalue weighted by molar-refractivity contribution is 6.12. The van der Waals surface area contributed by atoms with Gasteiger partial charge in [0.2, 0.25) is 0 Å². The van der Waals surface area contributed by atoms with E-state index in [-0.39, 0.29) is 17.4 Å². The first-order valence-electron chi connectivity index (χ1n) is 8.45. The maximum atomic E-state index is 13.4. The number of nitrogens with one attached hydrogen (secondary N) is 1. The maximum absolute atomic E-state index is 13.4. The highest BCUT2D eigenvalue weighted by atomic mass is 16.5. The summed E-state index contributed by atoms with van der Waals surface area (Å²) in [5.41, 5.74) is 2.10. The summed E-state index contributed by atoms with van der Waals surface area (Å²) in [4.78, 5) is 14.9. The van der Waals surface area contributed by atoms with E-state index < -0.39 is 6.17 Å². The molecule has 0 aliphatic carbocycles. The number of ether oxygens (including phenoxy) is 1.